The van der Waals surface area contributed by atoms with Crippen molar-refractivity contribution < 1.29 is 4.79 Å². The van der Waals surface area contributed by atoms with E-state index in [0.29, 0.717) is 11.1 Å². The molecule has 2 saturated heterocycles. The molecule has 1 saturated carbocycles. The van der Waals surface area contributed by atoms with Gasteiger partial charge in [0.2, 0.25) is 0 Å². The van der Waals surface area contributed by atoms with Crippen LogP contribution in [0.5, 0.6) is 0 Å². The first-order valence-electron chi connectivity index (χ1n) is 15.0. The third kappa shape index (κ3) is 8.39. The number of aryl methyl sites for hydroxylation is 1. The molecule has 3 aliphatic rings. The van der Waals surface area contributed by atoms with Crippen LogP contribution in [0.15, 0.2) is 43.1 Å². The molecule has 0 radical (unpaired) electrons. The van der Waals surface area contributed by atoms with Crippen LogP contribution in [0.25, 0.3) is 5.70 Å². The van der Waals surface area contributed by atoms with Crippen LogP contribution < -0.4 is 10.2 Å². The van der Waals surface area contributed by atoms with Crippen LogP contribution in [-0.4, -0.2) is 80.0 Å². The highest BCUT2D eigenvalue weighted by atomic mass is 16.1. The number of nitrogens with zero attached hydrogens (tertiary/aromatic N) is 5. The Balaban J connectivity index is 0.000000312. The second-order valence-electron chi connectivity index (χ2n) is 11.6. The number of piperazine rings is 1. The predicted molar refractivity (Wildman–Crippen MR) is 163 cm³/mol. The molecule has 40 heavy (non-hydrogen) atoms. The van der Waals surface area contributed by atoms with Crippen molar-refractivity contribution in [1.29, 1.82) is 5.26 Å². The van der Waals surface area contributed by atoms with Crippen molar-refractivity contribution in [3.63, 3.8) is 0 Å². The average Bonchev–Trinajstić information content (AvgIpc) is 3.01. The Morgan fingerprint density at radius 3 is 2.33 bits per heavy atom. The summed E-state index contributed by atoms with van der Waals surface area (Å²) in [5, 5.41) is 11.9. The van der Waals surface area contributed by atoms with Gasteiger partial charge in [0.15, 0.2) is 0 Å². The number of carbonyl (C=O) groups is 1. The van der Waals surface area contributed by atoms with E-state index in [4.69, 9.17) is 10.2 Å². The normalized spacial score (nSPS) is 19.3. The molecule has 0 spiro atoms. The van der Waals surface area contributed by atoms with Crippen LogP contribution in [0.3, 0.4) is 0 Å². The van der Waals surface area contributed by atoms with Gasteiger partial charge in [-0.05, 0) is 82.4 Å². The molecule has 214 valence electrons. The molecule has 1 aliphatic carbocycles. The molecule has 0 amide bonds. The second-order valence-corrected chi connectivity index (χ2v) is 11.6. The molecule has 2 aromatic rings. The second kappa shape index (κ2) is 15.0. The molecular weight excluding hydrogens is 496 g/mol. The van der Waals surface area contributed by atoms with Gasteiger partial charge in [-0.2, -0.15) is 5.26 Å². The van der Waals surface area contributed by atoms with Crippen LogP contribution in [0.1, 0.15) is 72.0 Å². The van der Waals surface area contributed by atoms with Crippen molar-refractivity contribution in [1.82, 2.24) is 20.1 Å². The van der Waals surface area contributed by atoms with Crippen molar-refractivity contribution in [2.45, 2.75) is 57.9 Å². The summed E-state index contributed by atoms with van der Waals surface area (Å²) < 4.78 is 0. The first kappa shape index (κ1) is 29.8. The maximum Gasteiger partial charge on any atom is 0.150 e. The maximum atomic E-state index is 10.1. The zero-order chi connectivity index (χ0) is 28.3. The molecule has 1 aromatic heterocycles. The van der Waals surface area contributed by atoms with Gasteiger partial charge < -0.3 is 15.1 Å². The van der Waals surface area contributed by atoms with E-state index in [2.05, 4.69) is 46.6 Å². The van der Waals surface area contributed by atoms with E-state index < -0.39 is 0 Å². The summed E-state index contributed by atoms with van der Waals surface area (Å²) in [6.07, 6.45) is 12.3. The standard InChI is InChI=1S/C25H41N5.C8H5NO/c1-20-17-23(21(2)26-18-22-7-5-4-6-8-22)19-27-25(20)30-15-13-29(14-16-30)24-9-11-28(3)12-10-24;9-5-7-1-3-8(6-10)4-2-7/h17,19,22,24,26H,2,4-16,18H2,1,3H3;1-4,6H. The number of carbonyl (C=O) groups excluding carboxylic acids is 1. The number of nitrogens with one attached hydrogen (secondary N) is 1. The summed E-state index contributed by atoms with van der Waals surface area (Å²) in [4.78, 5) is 22.6. The van der Waals surface area contributed by atoms with E-state index in [-0.39, 0.29) is 0 Å². The van der Waals surface area contributed by atoms with Gasteiger partial charge in [-0.25, -0.2) is 4.98 Å². The zero-order valence-electron chi connectivity index (χ0n) is 24.4. The highest BCUT2D eigenvalue weighted by Gasteiger charge is 2.27. The highest BCUT2D eigenvalue weighted by Crippen LogP contribution is 2.26. The van der Waals surface area contributed by atoms with Gasteiger partial charge in [0.1, 0.15) is 12.1 Å². The summed E-state index contributed by atoms with van der Waals surface area (Å²) >= 11 is 0. The Kier molecular flexibility index (Phi) is 11.1. The number of pyridine rings is 1. The number of hydrogen-bond donors (Lipinski definition) is 1. The number of aromatic nitrogens is 1. The number of likely N-dealkylation sites (tertiary alicyclic amines) is 1. The minimum Gasteiger partial charge on any atom is -0.385 e. The van der Waals surface area contributed by atoms with E-state index in [9.17, 15) is 4.79 Å². The lowest BCUT2D eigenvalue weighted by molar-refractivity contribution is 0.112. The van der Waals surface area contributed by atoms with Gasteiger partial charge >= 0.3 is 0 Å². The van der Waals surface area contributed by atoms with E-state index in [1.54, 1.807) is 24.3 Å². The van der Waals surface area contributed by atoms with Gasteiger partial charge in [-0.1, -0.05) is 38.0 Å². The van der Waals surface area contributed by atoms with Crippen LogP contribution >= 0.6 is 0 Å². The Hall–Kier alpha value is -3.21. The summed E-state index contributed by atoms with van der Waals surface area (Å²) in [6, 6.07) is 11.5. The van der Waals surface area contributed by atoms with Gasteiger partial charge in [0, 0.05) is 61.8 Å². The number of benzene rings is 1. The Labute approximate surface area is 240 Å². The number of aldehydes is 1. The van der Waals surface area contributed by atoms with Crippen LogP contribution in [0.2, 0.25) is 0 Å². The molecule has 7 nitrogen and oxygen atoms in total. The van der Waals surface area contributed by atoms with Crippen LogP contribution in [0, 0.1) is 24.2 Å². The minimum atomic E-state index is 0.575. The predicted octanol–water partition coefficient (Wildman–Crippen LogP) is 5.12. The number of nitriles is 1. The number of hydrogen-bond acceptors (Lipinski definition) is 7. The summed E-state index contributed by atoms with van der Waals surface area (Å²) in [5.41, 5.74) is 4.59. The van der Waals surface area contributed by atoms with E-state index in [1.165, 1.54) is 63.6 Å². The summed E-state index contributed by atoms with van der Waals surface area (Å²) in [5.74, 6) is 1.96. The van der Waals surface area contributed by atoms with E-state index in [1.807, 2.05) is 12.3 Å². The Morgan fingerprint density at radius 2 is 1.73 bits per heavy atom. The summed E-state index contributed by atoms with van der Waals surface area (Å²) in [7, 11) is 2.24. The van der Waals surface area contributed by atoms with E-state index >= 15 is 0 Å². The fraction of sp³-hybridized carbons (Fsp3) is 0.545. The van der Waals surface area contributed by atoms with Crippen molar-refractivity contribution in [3.8, 4) is 6.07 Å². The fourth-order valence-electron chi connectivity index (χ4n) is 6.12. The minimum absolute atomic E-state index is 0.575. The molecule has 5 rings (SSSR count). The van der Waals surface area contributed by atoms with Crippen molar-refractivity contribution in [2.24, 2.45) is 5.92 Å². The first-order valence-corrected chi connectivity index (χ1v) is 15.0. The van der Waals surface area contributed by atoms with E-state index in [0.717, 1.165) is 68.0 Å². The monoisotopic (exact) mass is 542 g/mol. The molecular formula is C33H46N6O. The topological polar surface area (TPSA) is 75.5 Å². The maximum absolute atomic E-state index is 10.1. The third-order valence-corrected chi connectivity index (χ3v) is 8.72. The molecule has 7 heteroatoms. The lowest BCUT2D eigenvalue weighted by Gasteiger charge is -2.42. The fourth-order valence-corrected chi connectivity index (χ4v) is 6.12. The SMILES string of the molecule is C=C(NCC1CCCCC1)c1cnc(N2CCN(C3CCN(C)CC3)CC2)c(C)c1.N#Cc1ccc(C=O)cc1. The quantitative estimate of drug-likeness (QED) is 0.487. The highest BCUT2D eigenvalue weighted by molar-refractivity contribution is 5.74. The average molecular weight is 543 g/mol. The van der Waals surface area contributed by atoms with Gasteiger partial charge in [-0.3, -0.25) is 9.69 Å². The van der Waals surface area contributed by atoms with Crippen molar-refractivity contribution >= 4 is 17.8 Å². The number of rotatable bonds is 7. The molecule has 1 aromatic carbocycles. The van der Waals surface area contributed by atoms with Crippen LogP contribution in [-0.2, 0) is 0 Å². The molecule has 0 bridgehead atoms. The number of piperidine rings is 1. The largest absolute Gasteiger partial charge is 0.385 e. The molecule has 1 N–H and O–H groups in total. The smallest absolute Gasteiger partial charge is 0.150 e. The Bertz CT molecular complexity index is 1130. The lowest BCUT2D eigenvalue weighted by atomic mass is 9.89. The first-order chi connectivity index (χ1) is 19.5. The molecule has 0 atom stereocenters. The Morgan fingerprint density at radius 1 is 1.05 bits per heavy atom. The number of anilines is 1. The molecule has 0 unspecified atom stereocenters. The third-order valence-electron chi connectivity index (χ3n) is 8.72. The van der Waals surface area contributed by atoms with Gasteiger partial charge in [0.05, 0.1) is 11.6 Å². The summed E-state index contributed by atoms with van der Waals surface area (Å²) in [6.45, 7) is 14.5. The van der Waals surface area contributed by atoms with Crippen LogP contribution in [0.4, 0.5) is 5.82 Å². The zero-order valence-corrected chi connectivity index (χ0v) is 24.4. The molecule has 3 fully saturated rings. The molecule has 2 aliphatic heterocycles. The lowest BCUT2D eigenvalue weighted by Crippen LogP contribution is -2.53. The van der Waals surface area contributed by atoms with Gasteiger partial charge in [0.25, 0.3) is 0 Å². The van der Waals surface area contributed by atoms with Crippen molar-refractivity contribution in [2.75, 3.05) is 57.8 Å². The van der Waals surface area contributed by atoms with Crippen molar-refractivity contribution in [3.05, 3.63) is 65.4 Å². The molecule has 3 heterocycles. The van der Waals surface area contributed by atoms with Gasteiger partial charge in [-0.15, -0.1) is 0 Å².